The molecule has 8 heteroatoms. The zero-order chi connectivity index (χ0) is 21.1. The fourth-order valence-corrected chi connectivity index (χ4v) is 3.78. The van der Waals surface area contributed by atoms with Crippen LogP contribution in [0.1, 0.15) is 30.4 Å². The molecule has 2 aromatic carbocycles. The molecule has 1 aliphatic rings. The molecule has 1 aliphatic carbocycles. The number of halogens is 1. The fourth-order valence-electron chi connectivity index (χ4n) is 3.78. The van der Waals surface area contributed by atoms with Crippen LogP contribution in [0.25, 0.3) is 10.9 Å². The highest BCUT2D eigenvalue weighted by Crippen LogP contribution is 2.29. The number of nitrogens with one attached hydrogen (secondary N) is 2. The number of hydrogen-bond acceptors (Lipinski definition) is 5. The van der Waals surface area contributed by atoms with Crippen LogP contribution in [0, 0.1) is 5.82 Å². The quantitative estimate of drug-likeness (QED) is 0.558. The zero-order valence-corrected chi connectivity index (χ0v) is 16.3. The van der Waals surface area contributed by atoms with Gasteiger partial charge in [-0.05, 0) is 60.7 Å². The summed E-state index contributed by atoms with van der Waals surface area (Å²) in [7, 11) is 0. The summed E-state index contributed by atoms with van der Waals surface area (Å²) in [5.41, 5.74) is 8.85. The van der Waals surface area contributed by atoms with Crippen molar-refractivity contribution in [1.82, 2.24) is 9.97 Å². The highest BCUT2D eigenvalue weighted by Gasteiger charge is 2.23. The van der Waals surface area contributed by atoms with Crippen LogP contribution in [0.2, 0.25) is 0 Å². The molecule has 0 spiro atoms. The van der Waals surface area contributed by atoms with E-state index in [4.69, 9.17) is 5.73 Å². The van der Waals surface area contributed by atoms with E-state index in [9.17, 15) is 14.0 Å². The molecular weight excluding hydrogens is 385 g/mol. The monoisotopic (exact) mass is 407 g/mol. The van der Waals surface area contributed by atoms with Gasteiger partial charge in [-0.3, -0.25) is 9.59 Å². The Morgan fingerprint density at radius 3 is 2.73 bits per heavy atom. The van der Waals surface area contributed by atoms with Crippen LogP contribution in [0.15, 0.2) is 42.7 Å². The Morgan fingerprint density at radius 1 is 1.07 bits per heavy atom. The SMILES string of the molecule is NC(=O)CCCC(=O)Nc1ccc2c(c1)CC(Nc1ncnc3ccc(F)cc13)C2. The topological polar surface area (TPSA) is 110 Å². The molecule has 0 aliphatic heterocycles. The summed E-state index contributed by atoms with van der Waals surface area (Å²) in [6, 6.07) is 10.4. The van der Waals surface area contributed by atoms with Crippen molar-refractivity contribution in [2.75, 3.05) is 10.6 Å². The highest BCUT2D eigenvalue weighted by atomic mass is 19.1. The van der Waals surface area contributed by atoms with E-state index in [1.165, 1.54) is 24.0 Å². The maximum absolute atomic E-state index is 13.7. The highest BCUT2D eigenvalue weighted by molar-refractivity contribution is 5.91. The largest absolute Gasteiger partial charge is 0.370 e. The van der Waals surface area contributed by atoms with E-state index in [-0.39, 0.29) is 30.6 Å². The Hall–Kier alpha value is -3.55. The second-order valence-electron chi connectivity index (χ2n) is 7.48. The van der Waals surface area contributed by atoms with Gasteiger partial charge in [0, 0.05) is 30.0 Å². The third kappa shape index (κ3) is 4.53. The summed E-state index contributed by atoms with van der Waals surface area (Å²) >= 11 is 0. The molecule has 0 saturated carbocycles. The number of carbonyl (C=O) groups is 2. The van der Waals surface area contributed by atoms with E-state index >= 15 is 0 Å². The molecule has 154 valence electrons. The number of carbonyl (C=O) groups excluding carboxylic acids is 2. The zero-order valence-electron chi connectivity index (χ0n) is 16.3. The number of nitrogens with zero attached hydrogens (tertiary/aromatic N) is 2. The summed E-state index contributed by atoms with van der Waals surface area (Å²) in [5, 5.41) is 6.92. The number of primary amides is 1. The lowest BCUT2D eigenvalue weighted by Crippen LogP contribution is -2.20. The van der Waals surface area contributed by atoms with E-state index < -0.39 is 5.91 Å². The average Bonchev–Trinajstić information content (AvgIpc) is 3.09. The predicted molar refractivity (Wildman–Crippen MR) is 112 cm³/mol. The van der Waals surface area contributed by atoms with Crippen molar-refractivity contribution in [2.24, 2.45) is 5.73 Å². The summed E-state index contributed by atoms with van der Waals surface area (Å²) in [6.07, 6.45) is 3.93. The van der Waals surface area contributed by atoms with Crippen LogP contribution in [-0.4, -0.2) is 27.8 Å². The van der Waals surface area contributed by atoms with Crippen molar-refractivity contribution in [3.63, 3.8) is 0 Å². The first kappa shape index (κ1) is 19.8. The van der Waals surface area contributed by atoms with Gasteiger partial charge in [-0.15, -0.1) is 0 Å². The van der Waals surface area contributed by atoms with Crippen molar-refractivity contribution >= 4 is 34.2 Å². The maximum Gasteiger partial charge on any atom is 0.224 e. The van der Waals surface area contributed by atoms with Gasteiger partial charge in [0.2, 0.25) is 11.8 Å². The molecule has 30 heavy (non-hydrogen) atoms. The Labute approximate surface area is 172 Å². The first-order chi connectivity index (χ1) is 14.5. The molecule has 0 saturated heterocycles. The minimum absolute atomic E-state index is 0.114. The second-order valence-corrected chi connectivity index (χ2v) is 7.48. The Bertz CT molecular complexity index is 1120. The van der Waals surface area contributed by atoms with Gasteiger partial charge in [-0.25, -0.2) is 14.4 Å². The number of rotatable bonds is 7. The molecule has 4 N–H and O–H groups in total. The summed E-state index contributed by atoms with van der Waals surface area (Å²) in [5.74, 6) is -0.261. The minimum atomic E-state index is -0.405. The van der Waals surface area contributed by atoms with Gasteiger partial charge in [0.05, 0.1) is 5.52 Å². The van der Waals surface area contributed by atoms with Gasteiger partial charge in [-0.2, -0.15) is 0 Å². The third-order valence-corrected chi connectivity index (χ3v) is 5.19. The van der Waals surface area contributed by atoms with Gasteiger partial charge in [-0.1, -0.05) is 6.07 Å². The van der Waals surface area contributed by atoms with Crippen LogP contribution < -0.4 is 16.4 Å². The molecule has 7 nitrogen and oxygen atoms in total. The number of nitrogens with two attached hydrogens (primary N) is 1. The van der Waals surface area contributed by atoms with Crippen LogP contribution in [0.5, 0.6) is 0 Å². The molecule has 1 atom stereocenters. The smallest absolute Gasteiger partial charge is 0.224 e. The molecule has 1 heterocycles. The lowest BCUT2D eigenvalue weighted by atomic mass is 10.1. The molecule has 0 bridgehead atoms. The molecular formula is C22H22FN5O2. The third-order valence-electron chi connectivity index (χ3n) is 5.19. The van der Waals surface area contributed by atoms with Gasteiger partial charge in [0.25, 0.3) is 0 Å². The summed E-state index contributed by atoms with van der Waals surface area (Å²) < 4.78 is 13.7. The van der Waals surface area contributed by atoms with Crippen molar-refractivity contribution < 1.29 is 14.0 Å². The fraction of sp³-hybridized carbons (Fsp3) is 0.273. The predicted octanol–water partition coefficient (Wildman–Crippen LogP) is 2.94. The van der Waals surface area contributed by atoms with Crippen molar-refractivity contribution in [1.29, 1.82) is 0 Å². The van der Waals surface area contributed by atoms with E-state index in [0.717, 1.165) is 24.1 Å². The van der Waals surface area contributed by atoms with E-state index in [2.05, 4.69) is 20.6 Å². The number of amides is 2. The van der Waals surface area contributed by atoms with E-state index in [1.807, 2.05) is 18.2 Å². The lowest BCUT2D eigenvalue weighted by molar-refractivity contribution is -0.118. The molecule has 3 aromatic rings. The number of benzene rings is 2. The number of aromatic nitrogens is 2. The van der Waals surface area contributed by atoms with Gasteiger partial charge < -0.3 is 16.4 Å². The number of hydrogen-bond donors (Lipinski definition) is 3. The molecule has 1 unspecified atom stereocenters. The standard InChI is InChI=1S/C22H22FN5O2/c23-15-5-7-19-18(11-15)22(26-12-25-19)28-17-8-13-4-6-16(9-14(13)10-17)27-21(30)3-1-2-20(24)29/h4-7,9,11-12,17H,1-3,8,10H2,(H2,24,29)(H,27,30)(H,25,26,28). The van der Waals surface area contributed by atoms with Crippen molar-refractivity contribution in [3.8, 4) is 0 Å². The lowest BCUT2D eigenvalue weighted by Gasteiger charge is -2.14. The Morgan fingerprint density at radius 2 is 1.90 bits per heavy atom. The van der Waals surface area contributed by atoms with Crippen LogP contribution in [0.4, 0.5) is 15.9 Å². The van der Waals surface area contributed by atoms with Gasteiger partial charge in [0.1, 0.15) is 18.0 Å². The Kier molecular flexibility index (Phi) is 5.56. The van der Waals surface area contributed by atoms with E-state index in [0.29, 0.717) is 23.1 Å². The molecule has 1 aromatic heterocycles. The van der Waals surface area contributed by atoms with Gasteiger partial charge in [0.15, 0.2) is 0 Å². The minimum Gasteiger partial charge on any atom is -0.370 e. The van der Waals surface area contributed by atoms with E-state index in [1.54, 1.807) is 6.07 Å². The van der Waals surface area contributed by atoms with Gasteiger partial charge >= 0.3 is 0 Å². The first-order valence-electron chi connectivity index (χ1n) is 9.84. The van der Waals surface area contributed by atoms with Crippen LogP contribution >= 0.6 is 0 Å². The number of fused-ring (bicyclic) bond motifs is 2. The summed E-state index contributed by atoms with van der Waals surface area (Å²) in [6.45, 7) is 0. The molecule has 2 amide bonds. The molecule has 4 rings (SSSR count). The second kappa shape index (κ2) is 8.44. The van der Waals surface area contributed by atoms with Crippen LogP contribution in [-0.2, 0) is 22.4 Å². The van der Waals surface area contributed by atoms with Crippen molar-refractivity contribution in [2.45, 2.75) is 38.1 Å². The normalized spacial score (nSPS) is 15.0. The first-order valence-corrected chi connectivity index (χ1v) is 9.84. The molecule has 0 radical (unpaired) electrons. The maximum atomic E-state index is 13.7. The Balaban J connectivity index is 1.41. The van der Waals surface area contributed by atoms with Crippen LogP contribution in [0.3, 0.4) is 0 Å². The molecule has 0 fully saturated rings. The number of anilines is 2. The average molecular weight is 407 g/mol. The summed E-state index contributed by atoms with van der Waals surface area (Å²) in [4.78, 5) is 31.3. The van der Waals surface area contributed by atoms with Crippen molar-refractivity contribution in [3.05, 3.63) is 59.7 Å².